The van der Waals surface area contributed by atoms with Gasteiger partial charge in [-0.15, -0.1) is 0 Å². The molecule has 0 spiro atoms. The van der Waals surface area contributed by atoms with Gasteiger partial charge in [0.05, 0.1) is 5.92 Å². The molecule has 3 heteroatoms. The van der Waals surface area contributed by atoms with Crippen molar-refractivity contribution in [3.05, 3.63) is 0 Å². The van der Waals surface area contributed by atoms with E-state index >= 15 is 0 Å². The molecule has 0 fully saturated rings. The van der Waals surface area contributed by atoms with Crippen LogP contribution in [0.15, 0.2) is 0 Å². The lowest BCUT2D eigenvalue weighted by Gasteiger charge is -2.22. The predicted octanol–water partition coefficient (Wildman–Crippen LogP) is 2.72. The van der Waals surface area contributed by atoms with Gasteiger partial charge in [-0.05, 0) is 40.5 Å². The van der Waals surface area contributed by atoms with Crippen LogP contribution in [0.2, 0.25) is 0 Å². The standard InChI is InChI=1S/C12H22O3/c1-9(7-6-8-10(2)13)11(14)15-12(3,4)5/h9H,6-8H2,1-5H3. The van der Waals surface area contributed by atoms with E-state index in [4.69, 9.17) is 4.74 Å². The topological polar surface area (TPSA) is 43.4 Å². The monoisotopic (exact) mass is 214 g/mol. The Morgan fingerprint density at radius 2 is 1.80 bits per heavy atom. The summed E-state index contributed by atoms with van der Waals surface area (Å²) in [4.78, 5) is 22.2. The first-order valence-corrected chi connectivity index (χ1v) is 5.44. The zero-order valence-corrected chi connectivity index (χ0v) is 10.4. The van der Waals surface area contributed by atoms with Crippen molar-refractivity contribution in [3.8, 4) is 0 Å². The molecule has 0 aliphatic rings. The summed E-state index contributed by atoms with van der Waals surface area (Å²) in [5.74, 6) is -0.124. The number of ether oxygens (including phenoxy) is 1. The summed E-state index contributed by atoms with van der Waals surface area (Å²) in [5, 5.41) is 0. The highest BCUT2D eigenvalue weighted by Gasteiger charge is 2.21. The van der Waals surface area contributed by atoms with E-state index in [1.54, 1.807) is 6.92 Å². The number of hydrogen-bond acceptors (Lipinski definition) is 3. The smallest absolute Gasteiger partial charge is 0.309 e. The zero-order chi connectivity index (χ0) is 12.1. The molecule has 88 valence electrons. The van der Waals surface area contributed by atoms with Crippen LogP contribution < -0.4 is 0 Å². The molecule has 0 radical (unpaired) electrons. The van der Waals surface area contributed by atoms with Crippen LogP contribution in [0.5, 0.6) is 0 Å². The van der Waals surface area contributed by atoms with Crippen LogP contribution >= 0.6 is 0 Å². The minimum absolute atomic E-state index is 0.122. The largest absolute Gasteiger partial charge is 0.460 e. The van der Waals surface area contributed by atoms with Crippen molar-refractivity contribution in [1.29, 1.82) is 0 Å². The normalized spacial score (nSPS) is 13.4. The molecule has 1 unspecified atom stereocenters. The lowest BCUT2D eigenvalue weighted by molar-refractivity contribution is -0.159. The molecule has 0 N–H and O–H groups in total. The summed E-state index contributed by atoms with van der Waals surface area (Å²) in [5.41, 5.74) is -0.425. The summed E-state index contributed by atoms with van der Waals surface area (Å²) in [7, 11) is 0. The molecular formula is C12H22O3. The summed E-state index contributed by atoms with van der Waals surface area (Å²) < 4.78 is 5.23. The maximum atomic E-state index is 11.5. The Kier molecular flexibility index (Phi) is 5.55. The van der Waals surface area contributed by atoms with E-state index in [-0.39, 0.29) is 17.7 Å². The first-order chi connectivity index (χ1) is 6.72. The Balaban J connectivity index is 3.85. The Morgan fingerprint density at radius 1 is 1.27 bits per heavy atom. The first kappa shape index (κ1) is 14.1. The molecule has 0 heterocycles. The Hall–Kier alpha value is -0.860. The Labute approximate surface area is 92.2 Å². The van der Waals surface area contributed by atoms with Crippen LogP contribution in [0.25, 0.3) is 0 Å². The molecule has 0 saturated heterocycles. The van der Waals surface area contributed by atoms with Crippen LogP contribution in [0.1, 0.15) is 53.9 Å². The van der Waals surface area contributed by atoms with Crippen LogP contribution in [0.3, 0.4) is 0 Å². The highest BCUT2D eigenvalue weighted by atomic mass is 16.6. The molecule has 1 atom stereocenters. The van der Waals surface area contributed by atoms with Crippen molar-refractivity contribution < 1.29 is 14.3 Å². The molecule has 0 rings (SSSR count). The van der Waals surface area contributed by atoms with Gasteiger partial charge >= 0.3 is 5.97 Å². The number of carbonyl (C=O) groups is 2. The third-order valence-corrected chi connectivity index (χ3v) is 1.98. The van der Waals surface area contributed by atoms with Gasteiger partial charge in [0.25, 0.3) is 0 Å². The van der Waals surface area contributed by atoms with E-state index in [9.17, 15) is 9.59 Å². The molecule has 0 aromatic rings. The maximum Gasteiger partial charge on any atom is 0.309 e. The minimum Gasteiger partial charge on any atom is -0.460 e. The second kappa shape index (κ2) is 5.89. The fourth-order valence-electron chi connectivity index (χ4n) is 1.18. The van der Waals surface area contributed by atoms with E-state index in [1.807, 2.05) is 27.7 Å². The second-order valence-corrected chi connectivity index (χ2v) is 5.03. The zero-order valence-electron chi connectivity index (χ0n) is 10.4. The second-order valence-electron chi connectivity index (χ2n) is 5.03. The Bertz CT molecular complexity index is 226. The number of ketones is 1. The van der Waals surface area contributed by atoms with Crippen molar-refractivity contribution in [2.24, 2.45) is 5.92 Å². The molecule has 0 aliphatic heterocycles. The molecule has 0 bridgehead atoms. The molecule has 0 amide bonds. The summed E-state index contributed by atoms with van der Waals surface area (Å²) in [6.45, 7) is 8.97. The average Bonchev–Trinajstić information content (AvgIpc) is 1.99. The van der Waals surface area contributed by atoms with E-state index in [1.165, 1.54) is 0 Å². The number of esters is 1. The van der Waals surface area contributed by atoms with Crippen molar-refractivity contribution in [2.75, 3.05) is 0 Å². The summed E-state index contributed by atoms with van der Waals surface area (Å²) >= 11 is 0. The number of Topliss-reactive ketones (excluding diaryl/α,β-unsaturated/α-hetero) is 1. The van der Waals surface area contributed by atoms with Crippen molar-refractivity contribution in [2.45, 2.75) is 59.5 Å². The Morgan fingerprint density at radius 3 is 2.20 bits per heavy atom. The first-order valence-electron chi connectivity index (χ1n) is 5.44. The lowest BCUT2D eigenvalue weighted by atomic mass is 10.0. The van der Waals surface area contributed by atoms with Gasteiger partial charge in [-0.25, -0.2) is 0 Å². The number of rotatable bonds is 5. The third kappa shape index (κ3) is 8.16. The molecular weight excluding hydrogens is 192 g/mol. The molecule has 0 aliphatic carbocycles. The van der Waals surface area contributed by atoms with E-state index in [2.05, 4.69) is 0 Å². The molecule has 0 saturated carbocycles. The van der Waals surface area contributed by atoms with Crippen molar-refractivity contribution >= 4 is 11.8 Å². The summed E-state index contributed by atoms with van der Waals surface area (Å²) in [6, 6.07) is 0. The average molecular weight is 214 g/mol. The van der Waals surface area contributed by atoms with Crippen LogP contribution in [0.4, 0.5) is 0 Å². The van der Waals surface area contributed by atoms with E-state index in [0.717, 1.165) is 6.42 Å². The highest BCUT2D eigenvalue weighted by molar-refractivity contribution is 5.75. The van der Waals surface area contributed by atoms with E-state index in [0.29, 0.717) is 12.8 Å². The fraction of sp³-hybridized carbons (Fsp3) is 0.833. The molecule has 15 heavy (non-hydrogen) atoms. The van der Waals surface area contributed by atoms with Gasteiger partial charge in [-0.1, -0.05) is 6.92 Å². The maximum absolute atomic E-state index is 11.5. The lowest BCUT2D eigenvalue weighted by Crippen LogP contribution is -2.27. The van der Waals surface area contributed by atoms with Gasteiger partial charge in [0.2, 0.25) is 0 Å². The number of hydrogen-bond donors (Lipinski definition) is 0. The third-order valence-electron chi connectivity index (χ3n) is 1.98. The minimum atomic E-state index is -0.425. The van der Waals surface area contributed by atoms with Crippen molar-refractivity contribution in [3.63, 3.8) is 0 Å². The summed E-state index contributed by atoms with van der Waals surface area (Å²) in [6.07, 6.45) is 2.03. The van der Waals surface area contributed by atoms with Gasteiger partial charge in [0.1, 0.15) is 11.4 Å². The van der Waals surface area contributed by atoms with Gasteiger partial charge in [0, 0.05) is 6.42 Å². The highest BCUT2D eigenvalue weighted by Crippen LogP contribution is 2.15. The van der Waals surface area contributed by atoms with E-state index < -0.39 is 5.60 Å². The SMILES string of the molecule is CC(=O)CCCC(C)C(=O)OC(C)(C)C. The van der Waals surface area contributed by atoms with Gasteiger partial charge in [-0.2, -0.15) is 0 Å². The molecule has 0 aromatic carbocycles. The van der Waals surface area contributed by atoms with Gasteiger partial charge in [0.15, 0.2) is 0 Å². The van der Waals surface area contributed by atoms with Crippen LogP contribution in [-0.2, 0) is 14.3 Å². The molecule has 3 nitrogen and oxygen atoms in total. The number of carbonyl (C=O) groups excluding carboxylic acids is 2. The van der Waals surface area contributed by atoms with Crippen LogP contribution in [0, 0.1) is 5.92 Å². The fourth-order valence-corrected chi connectivity index (χ4v) is 1.18. The predicted molar refractivity (Wildman–Crippen MR) is 59.5 cm³/mol. The van der Waals surface area contributed by atoms with Gasteiger partial charge < -0.3 is 9.53 Å². The quantitative estimate of drug-likeness (QED) is 0.661. The van der Waals surface area contributed by atoms with Crippen molar-refractivity contribution in [1.82, 2.24) is 0 Å². The van der Waals surface area contributed by atoms with Gasteiger partial charge in [-0.3, -0.25) is 4.79 Å². The molecule has 0 aromatic heterocycles. The van der Waals surface area contributed by atoms with Crippen LogP contribution in [-0.4, -0.2) is 17.4 Å².